The van der Waals surface area contributed by atoms with Crippen LogP contribution < -0.4 is 0 Å². The van der Waals surface area contributed by atoms with Gasteiger partial charge in [-0.05, 0) is 34.1 Å². The number of carbonyl (C=O) groups excluding carboxylic acids is 2. The summed E-state index contributed by atoms with van der Waals surface area (Å²) in [6.45, 7) is 7.60. The molecule has 0 amide bonds. The maximum absolute atomic E-state index is 11.8. The third kappa shape index (κ3) is 2.24. The van der Waals surface area contributed by atoms with Gasteiger partial charge in [0, 0.05) is 19.3 Å². The van der Waals surface area contributed by atoms with E-state index >= 15 is 0 Å². The van der Waals surface area contributed by atoms with E-state index in [1.54, 1.807) is 6.92 Å². The highest BCUT2D eigenvalue weighted by atomic mass is 16.7. The molecule has 0 aromatic heterocycles. The zero-order valence-corrected chi connectivity index (χ0v) is 11.6. The van der Waals surface area contributed by atoms with Gasteiger partial charge in [0.05, 0.1) is 17.6 Å². The Balaban J connectivity index is 2.00. The molecule has 2 aliphatic rings. The summed E-state index contributed by atoms with van der Waals surface area (Å²) in [5.41, 5.74) is -0.815. The Hall–Kier alpha value is -0.740. The van der Waals surface area contributed by atoms with E-state index in [-0.39, 0.29) is 23.8 Å². The van der Waals surface area contributed by atoms with Crippen molar-refractivity contribution in [3.8, 4) is 0 Å². The van der Waals surface area contributed by atoms with Crippen LogP contribution in [0.3, 0.4) is 0 Å². The van der Waals surface area contributed by atoms with Crippen molar-refractivity contribution in [2.24, 2.45) is 5.41 Å². The summed E-state index contributed by atoms with van der Waals surface area (Å²) in [6.07, 6.45) is 1.98. The van der Waals surface area contributed by atoms with Gasteiger partial charge in [-0.3, -0.25) is 9.59 Å². The predicted molar refractivity (Wildman–Crippen MR) is 66.1 cm³/mol. The molecule has 2 rings (SSSR count). The van der Waals surface area contributed by atoms with Crippen molar-refractivity contribution < 1.29 is 19.1 Å². The molecule has 0 bridgehead atoms. The number of ketones is 2. The lowest BCUT2D eigenvalue weighted by Crippen LogP contribution is -2.34. The molecule has 1 saturated carbocycles. The number of ether oxygens (including phenoxy) is 2. The van der Waals surface area contributed by atoms with Gasteiger partial charge in [-0.25, -0.2) is 0 Å². The molecule has 0 aromatic rings. The molecule has 4 heteroatoms. The maximum atomic E-state index is 11.8. The maximum Gasteiger partial charge on any atom is 0.166 e. The Kier molecular flexibility index (Phi) is 3.36. The largest absolute Gasteiger partial charge is 0.345 e. The van der Waals surface area contributed by atoms with Crippen LogP contribution in [0.5, 0.6) is 0 Å². The predicted octanol–water partition coefficient (Wildman–Crippen LogP) is 2.24. The molecule has 0 radical (unpaired) electrons. The van der Waals surface area contributed by atoms with Crippen molar-refractivity contribution in [3.05, 3.63) is 0 Å². The highest BCUT2D eigenvalue weighted by Crippen LogP contribution is 2.40. The lowest BCUT2D eigenvalue weighted by Gasteiger charge is -2.28. The van der Waals surface area contributed by atoms with E-state index in [0.29, 0.717) is 25.7 Å². The fourth-order valence-electron chi connectivity index (χ4n) is 2.81. The third-order valence-corrected chi connectivity index (χ3v) is 4.42. The molecular formula is C14H22O4. The lowest BCUT2D eigenvalue weighted by molar-refractivity contribution is -0.168. The van der Waals surface area contributed by atoms with E-state index < -0.39 is 11.2 Å². The quantitative estimate of drug-likeness (QED) is 0.725. The van der Waals surface area contributed by atoms with Gasteiger partial charge in [-0.2, -0.15) is 0 Å². The van der Waals surface area contributed by atoms with Crippen LogP contribution in [-0.2, 0) is 19.1 Å². The molecule has 18 heavy (non-hydrogen) atoms. The van der Waals surface area contributed by atoms with Gasteiger partial charge in [0.25, 0.3) is 0 Å². The molecular weight excluding hydrogens is 232 g/mol. The second-order valence-electron chi connectivity index (χ2n) is 5.96. The SMILES string of the molecule is CC1OC(C)(CCC2(C)C(=O)CCC2=O)OC1C. The van der Waals surface area contributed by atoms with Gasteiger partial charge < -0.3 is 9.47 Å². The first-order chi connectivity index (χ1) is 8.27. The van der Waals surface area contributed by atoms with Crippen LogP contribution >= 0.6 is 0 Å². The van der Waals surface area contributed by atoms with Gasteiger partial charge in [0.1, 0.15) is 11.6 Å². The highest BCUT2D eigenvalue weighted by Gasteiger charge is 2.48. The molecule has 1 saturated heterocycles. The normalized spacial score (nSPS) is 39.6. The molecule has 0 N–H and O–H groups in total. The van der Waals surface area contributed by atoms with Crippen molar-refractivity contribution in [2.45, 2.75) is 71.4 Å². The highest BCUT2D eigenvalue weighted by molar-refractivity contribution is 6.12. The average Bonchev–Trinajstić information content (AvgIpc) is 2.69. The summed E-state index contributed by atoms with van der Waals surface area (Å²) in [6, 6.07) is 0. The number of rotatable bonds is 3. The van der Waals surface area contributed by atoms with Gasteiger partial charge in [-0.1, -0.05) is 0 Å². The van der Waals surface area contributed by atoms with Crippen LogP contribution in [0.25, 0.3) is 0 Å². The van der Waals surface area contributed by atoms with Crippen LogP contribution in [0.4, 0.5) is 0 Å². The molecule has 2 fully saturated rings. The zero-order chi connectivity index (χ0) is 13.6. The topological polar surface area (TPSA) is 52.6 Å². The van der Waals surface area contributed by atoms with Crippen LogP contribution in [0.2, 0.25) is 0 Å². The second kappa shape index (κ2) is 4.42. The summed E-state index contributed by atoms with van der Waals surface area (Å²) in [5.74, 6) is -0.532. The minimum absolute atomic E-state index is 0.0535. The third-order valence-electron chi connectivity index (χ3n) is 4.42. The summed E-state index contributed by atoms with van der Waals surface area (Å²) in [7, 11) is 0. The first-order valence-electron chi connectivity index (χ1n) is 6.69. The number of Topliss-reactive ketones (excluding diaryl/α,β-unsaturated/α-hetero) is 2. The Morgan fingerprint density at radius 1 is 1.00 bits per heavy atom. The molecule has 1 aliphatic heterocycles. The summed E-state index contributed by atoms with van der Waals surface area (Å²) < 4.78 is 11.6. The molecule has 2 atom stereocenters. The van der Waals surface area contributed by atoms with Crippen molar-refractivity contribution in [1.82, 2.24) is 0 Å². The first-order valence-corrected chi connectivity index (χ1v) is 6.69. The summed E-state index contributed by atoms with van der Waals surface area (Å²) >= 11 is 0. The zero-order valence-electron chi connectivity index (χ0n) is 11.6. The standard InChI is InChI=1S/C14H22O4/c1-9-10(2)18-14(4,17-9)8-7-13(3)11(15)5-6-12(13)16/h9-10H,5-8H2,1-4H3. The molecule has 0 aromatic carbocycles. The number of carbonyl (C=O) groups is 2. The van der Waals surface area contributed by atoms with Gasteiger partial charge >= 0.3 is 0 Å². The smallest absolute Gasteiger partial charge is 0.166 e. The van der Waals surface area contributed by atoms with Crippen LogP contribution in [0.15, 0.2) is 0 Å². The monoisotopic (exact) mass is 254 g/mol. The Morgan fingerprint density at radius 3 is 1.89 bits per heavy atom. The summed E-state index contributed by atoms with van der Waals surface area (Å²) in [5, 5.41) is 0. The number of hydrogen-bond acceptors (Lipinski definition) is 4. The van der Waals surface area contributed by atoms with E-state index in [1.165, 1.54) is 0 Å². The first kappa shape index (κ1) is 13.7. The van der Waals surface area contributed by atoms with E-state index in [2.05, 4.69) is 0 Å². The van der Waals surface area contributed by atoms with Crippen molar-refractivity contribution in [1.29, 1.82) is 0 Å². The molecule has 0 spiro atoms. The Labute approximate surface area is 108 Å². The van der Waals surface area contributed by atoms with E-state index in [0.717, 1.165) is 0 Å². The molecule has 102 valence electrons. The summed E-state index contributed by atoms with van der Waals surface area (Å²) in [4.78, 5) is 23.7. The van der Waals surface area contributed by atoms with Crippen molar-refractivity contribution in [3.63, 3.8) is 0 Å². The fraction of sp³-hybridized carbons (Fsp3) is 0.857. The van der Waals surface area contributed by atoms with Gasteiger partial charge in [-0.15, -0.1) is 0 Å². The molecule has 4 nitrogen and oxygen atoms in total. The van der Waals surface area contributed by atoms with Crippen LogP contribution in [-0.4, -0.2) is 29.6 Å². The van der Waals surface area contributed by atoms with Crippen LogP contribution in [0.1, 0.15) is 53.4 Å². The molecule has 1 aliphatic carbocycles. The van der Waals surface area contributed by atoms with E-state index in [1.807, 2.05) is 20.8 Å². The van der Waals surface area contributed by atoms with E-state index in [9.17, 15) is 9.59 Å². The van der Waals surface area contributed by atoms with Crippen LogP contribution in [0, 0.1) is 5.41 Å². The minimum Gasteiger partial charge on any atom is -0.345 e. The second-order valence-corrected chi connectivity index (χ2v) is 5.96. The minimum atomic E-state index is -0.815. The van der Waals surface area contributed by atoms with Gasteiger partial charge in [0.15, 0.2) is 5.79 Å². The molecule has 2 unspecified atom stereocenters. The van der Waals surface area contributed by atoms with Crippen molar-refractivity contribution >= 4 is 11.6 Å². The Morgan fingerprint density at radius 2 is 1.44 bits per heavy atom. The van der Waals surface area contributed by atoms with Crippen molar-refractivity contribution in [2.75, 3.05) is 0 Å². The average molecular weight is 254 g/mol. The number of hydrogen-bond donors (Lipinski definition) is 0. The fourth-order valence-corrected chi connectivity index (χ4v) is 2.81. The lowest BCUT2D eigenvalue weighted by atomic mass is 9.81. The Bertz CT molecular complexity index is 348. The van der Waals surface area contributed by atoms with E-state index in [4.69, 9.17) is 9.47 Å². The molecule has 1 heterocycles. The van der Waals surface area contributed by atoms with Gasteiger partial charge in [0.2, 0.25) is 0 Å².